The van der Waals surface area contributed by atoms with Crippen molar-refractivity contribution in [3.63, 3.8) is 0 Å². The monoisotopic (exact) mass is 809 g/mol. The molecule has 0 bridgehead atoms. The molecule has 4 aromatic rings. The van der Waals surface area contributed by atoms with Crippen LogP contribution in [0.1, 0.15) is 56.8 Å². The molecule has 0 aliphatic heterocycles. The van der Waals surface area contributed by atoms with Gasteiger partial charge < -0.3 is 26.2 Å². The van der Waals surface area contributed by atoms with E-state index in [1.165, 1.54) is 6.92 Å². The van der Waals surface area contributed by atoms with Crippen LogP contribution in [-0.4, -0.2) is 52.6 Å². The standard InChI is InChI=1S/C36H27F12N3O5/c1-17-7-8-22(32(35(43,44)45,36(46,47)48)23-10-12-27(53)25(16-23)49-18(2)52)15-24(17)50-29(55)19-5-4-6-20(13-19)30(56)51-26-14-21(9-11-28(26)54)31(3,33(37,38)39)34(40,41)42/h4-16,53-54H,1-3H3,(H,49,52)(H,50,55)(H,51,56). The van der Waals surface area contributed by atoms with Crippen LogP contribution in [0.3, 0.4) is 0 Å². The Morgan fingerprint density at radius 2 is 0.911 bits per heavy atom. The summed E-state index contributed by atoms with van der Waals surface area (Å²) in [5, 5.41) is 26.2. The first-order valence-corrected chi connectivity index (χ1v) is 15.6. The van der Waals surface area contributed by atoms with Gasteiger partial charge in [0.25, 0.3) is 11.8 Å². The largest absolute Gasteiger partial charge is 0.506 e. The molecule has 0 radical (unpaired) electrons. The molecule has 5 N–H and O–H groups in total. The lowest BCUT2D eigenvalue weighted by Gasteiger charge is -2.38. The van der Waals surface area contributed by atoms with Crippen molar-refractivity contribution in [1.29, 1.82) is 0 Å². The Hall–Kier alpha value is -5.95. The van der Waals surface area contributed by atoms with Gasteiger partial charge >= 0.3 is 24.7 Å². The van der Waals surface area contributed by atoms with Crippen molar-refractivity contribution < 1.29 is 77.3 Å². The average molecular weight is 810 g/mol. The number of carbonyl (C=O) groups excluding carboxylic acids is 3. The lowest BCUT2D eigenvalue weighted by Crippen LogP contribution is -2.54. The predicted molar refractivity (Wildman–Crippen MR) is 176 cm³/mol. The van der Waals surface area contributed by atoms with Crippen molar-refractivity contribution in [3.8, 4) is 11.5 Å². The summed E-state index contributed by atoms with van der Waals surface area (Å²) < 4.78 is 171. The normalized spacial score (nSPS) is 12.9. The number of phenols is 2. The summed E-state index contributed by atoms with van der Waals surface area (Å²) in [6.45, 7) is 1.98. The Kier molecular flexibility index (Phi) is 11.2. The van der Waals surface area contributed by atoms with Gasteiger partial charge in [-0.1, -0.05) is 30.3 Å². The molecule has 0 atom stereocenters. The van der Waals surface area contributed by atoms with Crippen LogP contribution in [0.25, 0.3) is 0 Å². The van der Waals surface area contributed by atoms with Crippen molar-refractivity contribution in [2.45, 2.75) is 56.3 Å². The van der Waals surface area contributed by atoms with Gasteiger partial charge in [-0.05, 0) is 84.6 Å². The number of benzene rings is 4. The van der Waals surface area contributed by atoms with Crippen molar-refractivity contribution in [1.82, 2.24) is 0 Å². The second-order valence-electron chi connectivity index (χ2n) is 12.5. The number of aryl methyl sites for hydroxylation is 1. The van der Waals surface area contributed by atoms with E-state index in [-0.39, 0.29) is 18.6 Å². The zero-order chi connectivity index (χ0) is 42.4. The van der Waals surface area contributed by atoms with E-state index in [9.17, 15) is 77.3 Å². The minimum atomic E-state index is -6.12. The maximum absolute atomic E-state index is 14.9. The molecule has 0 unspecified atom stereocenters. The topological polar surface area (TPSA) is 128 Å². The minimum absolute atomic E-state index is 0.0426. The zero-order valence-corrected chi connectivity index (χ0v) is 28.7. The van der Waals surface area contributed by atoms with Gasteiger partial charge in [0.1, 0.15) is 11.5 Å². The highest BCUT2D eigenvalue weighted by atomic mass is 19.4. The highest BCUT2D eigenvalue weighted by molar-refractivity contribution is 6.09. The van der Waals surface area contributed by atoms with E-state index in [2.05, 4.69) is 5.32 Å². The quantitative estimate of drug-likeness (QED) is 0.0895. The van der Waals surface area contributed by atoms with E-state index in [1.54, 1.807) is 0 Å². The molecule has 3 amide bonds. The summed E-state index contributed by atoms with van der Waals surface area (Å²) in [6, 6.07) is 8.02. The molecular formula is C36H27F12N3O5. The maximum atomic E-state index is 14.9. The molecular weight excluding hydrogens is 782 g/mol. The van der Waals surface area contributed by atoms with E-state index in [0.29, 0.717) is 42.5 Å². The van der Waals surface area contributed by atoms with E-state index in [4.69, 9.17) is 0 Å². The van der Waals surface area contributed by atoms with Crippen molar-refractivity contribution in [3.05, 3.63) is 112 Å². The summed E-state index contributed by atoms with van der Waals surface area (Å²) >= 11 is 0. The van der Waals surface area contributed by atoms with Gasteiger partial charge in [-0.3, -0.25) is 14.4 Å². The maximum Gasteiger partial charge on any atom is 0.411 e. The molecule has 4 aromatic carbocycles. The lowest BCUT2D eigenvalue weighted by atomic mass is 9.72. The number of hydrogen-bond acceptors (Lipinski definition) is 5. The van der Waals surface area contributed by atoms with E-state index in [0.717, 1.165) is 37.3 Å². The van der Waals surface area contributed by atoms with Crippen molar-refractivity contribution in [2.75, 3.05) is 16.0 Å². The van der Waals surface area contributed by atoms with E-state index in [1.807, 2.05) is 10.6 Å². The zero-order valence-electron chi connectivity index (χ0n) is 28.7. The summed E-state index contributed by atoms with van der Waals surface area (Å²) in [4.78, 5) is 37.9. The molecule has 8 nitrogen and oxygen atoms in total. The predicted octanol–water partition coefficient (Wildman–Crippen LogP) is 9.66. The molecule has 0 aliphatic rings. The van der Waals surface area contributed by atoms with Crippen LogP contribution >= 0.6 is 0 Å². The fourth-order valence-corrected chi connectivity index (χ4v) is 5.66. The number of carbonyl (C=O) groups is 3. The SMILES string of the molecule is CC(=O)Nc1cc(C(c2ccc(C)c(NC(=O)c3cccc(C(=O)Nc4cc(C(C)(C(F)(F)F)C(F)(F)F)ccc4O)c3)c2)(C(F)(F)F)C(F)(F)F)ccc1O. The smallest absolute Gasteiger partial charge is 0.411 e. The molecule has 0 fully saturated rings. The summed E-state index contributed by atoms with van der Waals surface area (Å²) in [6.07, 6.45) is -24.0. The van der Waals surface area contributed by atoms with E-state index >= 15 is 0 Å². The second kappa shape index (κ2) is 14.6. The molecule has 0 saturated heterocycles. The fourth-order valence-electron chi connectivity index (χ4n) is 5.66. The van der Waals surface area contributed by atoms with E-state index < -0.39 is 110 Å². The van der Waals surface area contributed by atoms with Crippen LogP contribution in [0, 0.1) is 6.92 Å². The molecule has 0 spiro atoms. The average Bonchev–Trinajstić information content (AvgIpc) is 3.06. The third-order valence-corrected chi connectivity index (χ3v) is 8.85. The van der Waals surface area contributed by atoms with Gasteiger partial charge in [0, 0.05) is 23.7 Å². The Morgan fingerprint density at radius 3 is 1.36 bits per heavy atom. The molecule has 300 valence electrons. The number of hydrogen-bond donors (Lipinski definition) is 5. The van der Waals surface area contributed by atoms with Crippen LogP contribution < -0.4 is 16.0 Å². The highest BCUT2D eigenvalue weighted by Gasteiger charge is 2.73. The van der Waals surface area contributed by atoms with Gasteiger partial charge in [0.15, 0.2) is 5.41 Å². The van der Waals surface area contributed by atoms with Crippen LogP contribution in [0.4, 0.5) is 69.7 Å². The number of amides is 3. The molecule has 56 heavy (non-hydrogen) atoms. The number of aromatic hydroxyl groups is 2. The molecule has 0 aliphatic carbocycles. The summed E-state index contributed by atoms with van der Waals surface area (Å²) in [5.41, 5.74) is -16.7. The van der Waals surface area contributed by atoms with Gasteiger partial charge in [-0.25, -0.2) is 0 Å². The van der Waals surface area contributed by atoms with Crippen molar-refractivity contribution in [2.24, 2.45) is 0 Å². The van der Waals surface area contributed by atoms with Crippen molar-refractivity contribution >= 4 is 34.8 Å². The van der Waals surface area contributed by atoms with Crippen LogP contribution in [0.5, 0.6) is 11.5 Å². The molecule has 0 heterocycles. The Labute approximate surface area is 308 Å². The third-order valence-electron chi connectivity index (χ3n) is 8.85. The van der Waals surface area contributed by atoms with Crippen LogP contribution in [-0.2, 0) is 15.6 Å². The summed E-state index contributed by atoms with van der Waals surface area (Å²) in [5.74, 6) is -5.17. The number of alkyl halides is 12. The van der Waals surface area contributed by atoms with Gasteiger partial charge in [0.05, 0.1) is 11.4 Å². The first kappa shape index (κ1) is 42.8. The number of nitrogens with one attached hydrogen (secondary N) is 3. The first-order valence-electron chi connectivity index (χ1n) is 15.6. The Balaban J connectivity index is 1.72. The third kappa shape index (κ3) is 7.76. The fraction of sp³-hybridized carbons (Fsp3) is 0.250. The van der Waals surface area contributed by atoms with Crippen LogP contribution in [0.2, 0.25) is 0 Å². The first-order chi connectivity index (χ1) is 25.6. The summed E-state index contributed by atoms with van der Waals surface area (Å²) in [7, 11) is 0. The molecule has 20 heteroatoms. The Morgan fingerprint density at radius 1 is 0.518 bits per heavy atom. The van der Waals surface area contributed by atoms with Gasteiger partial charge in [0.2, 0.25) is 11.3 Å². The second-order valence-corrected chi connectivity index (χ2v) is 12.5. The number of anilines is 3. The van der Waals surface area contributed by atoms with Gasteiger partial charge in [-0.2, -0.15) is 52.7 Å². The van der Waals surface area contributed by atoms with Gasteiger partial charge in [-0.15, -0.1) is 0 Å². The Bertz CT molecular complexity index is 2150. The highest BCUT2D eigenvalue weighted by Crippen LogP contribution is 2.57. The number of halogens is 12. The lowest BCUT2D eigenvalue weighted by molar-refractivity contribution is -0.297. The van der Waals surface area contributed by atoms with Crippen LogP contribution in [0.15, 0.2) is 78.9 Å². The number of rotatable bonds is 8. The molecule has 4 rings (SSSR count). The minimum Gasteiger partial charge on any atom is -0.506 e. The molecule has 0 aromatic heterocycles. The molecule has 0 saturated carbocycles. The number of phenolic OH excluding ortho intramolecular Hbond substituents is 2.